The number of aryl methyl sites for hydroxylation is 1. The van der Waals surface area contributed by atoms with Crippen molar-refractivity contribution in [2.75, 3.05) is 11.4 Å². The lowest BCUT2D eigenvalue weighted by atomic mass is 10.1. The van der Waals surface area contributed by atoms with Gasteiger partial charge in [-0.1, -0.05) is 30.3 Å². The summed E-state index contributed by atoms with van der Waals surface area (Å²) in [5, 5.41) is 10.0. The first-order chi connectivity index (χ1) is 9.15. The highest BCUT2D eigenvalue weighted by molar-refractivity contribution is 6.08. The summed E-state index contributed by atoms with van der Waals surface area (Å²) in [7, 11) is 0. The largest absolute Gasteiger partial charge is 0.507 e. The number of nitrogens with zero attached hydrogens (tertiary/aromatic N) is 1. The lowest BCUT2D eigenvalue weighted by Crippen LogP contribution is -2.30. The number of carbonyl (C=O) groups excluding carboxylic acids is 1. The van der Waals surface area contributed by atoms with E-state index in [4.69, 9.17) is 0 Å². The molecule has 1 N–H and O–H groups in total. The molecule has 0 aliphatic heterocycles. The average molecular weight is 255 g/mol. The Morgan fingerprint density at radius 3 is 2.42 bits per heavy atom. The van der Waals surface area contributed by atoms with Gasteiger partial charge in [0.25, 0.3) is 5.91 Å². The van der Waals surface area contributed by atoms with Gasteiger partial charge in [-0.25, -0.2) is 0 Å². The van der Waals surface area contributed by atoms with Gasteiger partial charge in [-0.3, -0.25) is 4.79 Å². The van der Waals surface area contributed by atoms with Crippen LogP contribution in [0.4, 0.5) is 5.69 Å². The van der Waals surface area contributed by atoms with Crippen LogP contribution in [0.15, 0.2) is 48.5 Å². The third kappa shape index (κ3) is 2.60. The van der Waals surface area contributed by atoms with E-state index in [-0.39, 0.29) is 11.7 Å². The van der Waals surface area contributed by atoms with E-state index < -0.39 is 0 Å². The molecule has 0 aliphatic carbocycles. The number of amides is 1. The molecule has 3 heteroatoms. The van der Waals surface area contributed by atoms with Crippen LogP contribution in [0.1, 0.15) is 22.8 Å². The van der Waals surface area contributed by atoms with Gasteiger partial charge in [0.15, 0.2) is 0 Å². The van der Waals surface area contributed by atoms with E-state index in [1.54, 1.807) is 30.0 Å². The number of aromatic hydroxyl groups is 1. The number of phenolic OH excluding ortho intramolecular Hbond substituents is 1. The molecule has 0 aromatic heterocycles. The fourth-order valence-electron chi connectivity index (χ4n) is 2.03. The summed E-state index contributed by atoms with van der Waals surface area (Å²) >= 11 is 0. The van der Waals surface area contributed by atoms with E-state index >= 15 is 0 Å². The monoisotopic (exact) mass is 255 g/mol. The predicted molar refractivity (Wildman–Crippen MR) is 76.6 cm³/mol. The Labute approximate surface area is 113 Å². The normalized spacial score (nSPS) is 10.2. The third-order valence-electron chi connectivity index (χ3n) is 3.10. The predicted octanol–water partition coefficient (Wildman–Crippen LogP) is 3.37. The number of benzene rings is 2. The molecule has 3 nitrogen and oxygen atoms in total. The maximum Gasteiger partial charge on any atom is 0.262 e. The Kier molecular flexibility index (Phi) is 3.85. The SMILES string of the molecule is CCN(C(=O)c1cccc(C)c1O)c1ccccc1. The third-order valence-corrected chi connectivity index (χ3v) is 3.10. The van der Waals surface area contributed by atoms with Crippen LogP contribution < -0.4 is 4.90 Å². The Balaban J connectivity index is 2.39. The van der Waals surface area contributed by atoms with Crippen molar-refractivity contribution < 1.29 is 9.90 Å². The topological polar surface area (TPSA) is 40.5 Å². The molecule has 19 heavy (non-hydrogen) atoms. The van der Waals surface area contributed by atoms with Gasteiger partial charge in [0, 0.05) is 12.2 Å². The van der Waals surface area contributed by atoms with Crippen LogP contribution in [0, 0.1) is 6.92 Å². The van der Waals surface area contributed by atoms with Gasteiger partial charge in [0.05, 0.1) is 5.56 Å². The van der Waals surface area contributed by atoms with Crippen molar-refractivity contribution in [3.05, 3.63) is 59.7 Å². The van der Waals surface area contributed by atoms with E-state index in [1.165, 1.54) is 0 Å². The molecule has 2 aromatic rings. The fourth-order valence-corrected chi connectivity index (χ4v) is 2.03. The van der Waals surface area contributed by atoms with Gasteiger partial charge >= 0.3 is 0 Å². The average Bonchev–Trinajstić information content (AvgIpc) is 2.44. The van der Waals surface area contributed by atoms with Gasteiger partial charge in [-0.2, -0.15) is 0 Å². The molecule has 1 amide bonds. The molecular weight excluding hydrogens is 238 g/mol. The molecule has 0 spiro atoms. The molecule has 0 aliphatic rings. The Bertz CT molecular complexity index is 579. The van der Waals surface area contributed by atoms with Gasteiger partial charge in [0.1, 0.15) is 5.75 Å². The smallest absolute Gasteiger partial charge is 0.262 e. The van der Waals surface area contributed by atoms with Crippen LogP contribution in [0.2, 0.25) is 0 Å². The minimum absolute atomic E-state index is 0.0573. The number of anilines is 1. The maximum atomic E-state index is 12.5. The number of phenols is 1. The fraction of sp³-hybridized carbons (Fsp3) is 0.188. The molecular formula is C16H17NO2. The number of para-hydroxylation sites is 2. The number of carbonyl (C=O) groups is 1. The van der Waals surface area contributed by atoms with Crippen LogP contribution in [0.25, 0.3) is 0 Å². The van der Waals surface area contributed by atoms with Gasteiger partial charge in [-0.05, 0) is 37.6 Å². The zero-order valence-electron chi connectivity index (χ0n) is 11.1. The Hall–Kier alpha value is -2.29. The number of hydrogen-bond acceptors (Lipinski definition) is 2. The van der Waals surface area contributed by atoms with E-state index in [0.29, 0.717) is 17.7 Å². The van der Waals surface area contributed by atoms with Crippen LogP contribution in [0.5, 0.6) is 5.75 Å². The van der Waals surface area contributed by atoms with Gasteiger partial charge in [-0.15, -0.1) is 0 Å². The van der Waals surface area contributed by atoms with E-state index in [1.807, 2.05) is 37.3 Å². The number of rotatable bonds is 3. The van der Waals surface area contributed by atoms with Crippen molar-refractivity contribution in [2.45, 2.75) is 13.8 Å². The van der Waals surface area contributed by atoms with Crippen molar-refractivity contribution in [3.63, 3.8) is 0 Å². The first-order valence-corrected chi connectivity index (χ1v) is 6.30. The van der Waals surface area contributed by atoms with Crippen molar-refractivity contribution in [3.8, 4) is 5.75 Å². The molecule has 0 fully saturated rings. The lowest BCUT2D eigenvalue weighted by molar-refractivity contribution is 0.0985. The zero-order valence-corrected chi connectivity index (χ0v) is 11.1. The highest BCUT2D eigenvalue weighted by Gasteiger charge is 2.19. The minimum atomic E-state index is -0.185. The second kappa shape index (κ2) is 5.57. The number of hydrogen-bond donors (Lipinski definition) is 1. The Morgan fingerprint density at radius 2 is 1.79 bits per heavy atom. The second-order valence-corrected chi connectivity index (χ2v) is 4.36. The summed E-state index contributed by atoms with van der Waals surface area (Å²) in [5.41, 5.74) is 1.87. The first-order valence-electron chi connectivity index (χ1n) is 6.30. The molecule has 98 valence electrons. The van der Waals surface area contributed by atoms with Crippen molar-refractivity contribution in [1.29, 1.82) is 0 Å². The summed E-state index contributed by atoms with van der Waals surface area (Å²) in [6, 6.07) is 14.7. The van der Waals surface area contributed by atoms with E-state index in [9.17, 15) is 9.90 Å². The molecule has 0 heterocycles. The van der Waals surface area contributed by atoms with Crippen molar-refractivity contribution in [2.24, 2.45) is 0 Å². The molecule has 0 radical (unpaired) electrons. The van der Waals surface area contributed by atoms with Crippen molar-refractivity contribution in [1.82, 2.24) is 0 Å². The molecule has 0 bridgehead atoms. The second-order valence-electron chi connectivity index (χ2n) is 4.36. The van der Waals surface area contributed by atoms with E-state index in [2.05, 4.69) is 0 Å². The van der Waals surface area contributed by atoms with Crippen LogP contribution >= 0.6 is 0 Å². The summed E-state index contributed by atoms with van der Waals surface area (Å²) in [5.74, 6) is -0.128. The molecule has 0 atom stereocenters. The summed E-state index contributed by atoms with van der Waals surface area (Å²) in [4.78, 5) is 14.2. The molecule has 2 aromatic carbocycles. The van der Waals surface area contributed by atoms with Crippen LogP contribution in [0.3, 0.4) is 0 Å². The summed E-state index contributed by atoms with van der Waals surface area (Å²) in [6.07, 6.45) is 0. The maximum absolute atomic E-state index is 12.5. The Morgan fingerprint density at radius 1 is 1.11 bits per heavy atom. The molecule has 2 rings (SSSR count). The highest BCUT2D eigenvalue weighted by Crippen LogP contribution is 2.25. The zero-order chi connectivity index (χ0) is 13.8. The summed E-state index contributed by atoms with van der Waals surface area (Å²) < 4.78 is 0. The standard InChI is InChI=1S/C16H17NO2/c1-3-17(13-9-5-4-6-10-13)16(19)14-11-7-8-12(2)15(14)18/h4-11,18H,3H2,1-2H3. The van der Waals surface area contributed by atoms with Crippen LogP contribution in [-0.4, -0.2) is 17.6 Å². The molecule has 0 saturated heterocycles. The highest BCUT2D eigenvalue weighted by atomic mass is 16.3. The molecule has 0 saturated carbocycles. The molecule has 0 unspecified atom stereocenters. The summed E-state index contributed by atoms with van der Waals surface area (Å²) in [6.45, 7) is 4.25. The van der Waals surface area contributed by atoms with E-state index in [0.717, 1.165) is 5.69 Å². The van der Waals surface area contributed by atoms with Crippen LogP contribution in [-0.2, 0) is 0 Å². The quantitative estimate of drug-likeness (QED) is 0.913. The minimum Gasteiger partial charge on any atom is -0.507 e. The first kappa shape index (κ1) is 13.1. The van der Waals surface area contributed by atoms with Gasteiger partial charge in [0.2, 0.25) is 0 Å². The van der Waals surface area contributed by atoms with Gasteiger partial charge < -0.3 is 10.0 Å². The lowest BCUT2D eigenvalue weighted by Gasteiger charge is -2.21. The van der Waals surface area contributed by atoms with Crippen molar-refractivity contribution >= 4 is 11.6 Å².